The number of alkyl halides is 2. The monoisotopic (exact) mass is 431 g/mol. The number of nitrogens with zero attached hydrogens (tertiary/aromatic N) is 1. The number of hydrogen-bond donors (Lipinski definition) is 0. The Morgan fingerprint density at radius 3 is 2.53 bits per heavy atom. The fraction of sp³-hybridized carbons (Fsp3) is 0.273. The molecular weight excluding hydrogens is 424 g/mol. The Labute approximate surface area is 127 Å². The van der Waals surface area contributed by atoms with Crippen molar-refractivity contribution in [3.8, 4) is 5.75 Å². The number of nitro benzene ring substituents is 1. The molecule has 1 aromatic carbocycles. The molecule has 0 radical (unpaired) electrons. The summed E-state index contributed by atoms with van der Waals surface area (Å²) in [5.41, 5.74) is -0.0750. The average Bonchev–Trinajstić information content (AvgIpc) is 2.70. The van der Waals surface area contributed by atoms with Gasteiger partial charge in [0.05, 0.1) is 0 Å². The Bertz CT molecular complexity index is 536. The fourth-order valence-electron chi connectivity index (χ4n) is 1.66. The van der Waals surface area contributed by atoms with Gasteiger partial charge in [-0.3, -0.25) is 0 Å². The van der Waals surface area contributed by atoms with Crippen LogP contribution in [0.2, 0.25) is 3.67 Å². The second-order valence-corrected chi connectivity index (χ2v) is 9.28. The number of halogens is 2. The summed E-state index contributed by atoms with van der Waals surface area (Å²) in [6.07, 6.45) is -1.09. The number of benzene rings is 1. The van der Waals surface area contributed by atoms with Gasteiger partial charge < -0.3 is 0 Å². The fourth-order valence-corrected chi connectivity index (χ4v) is 7.99. The van der Waals surface area contributed by atoms with Gasteiger partial charge in [-0.05, 0) is 0 Å². The number of carbonyl (C=O) groups excluding carboxylic acids is 1. The number of carbonyl (C=O) groups is 1. The number of hydrogen-bond acceptors (Lipinski definition) is 4. The van der Waals surface area contributed by atoms with Gasteiger partial charge in [0.1, 0.15) is 0 Å². The van der Waals surface area contributed by atoms with Gasteiger partial charge in [-0.2, -0.15) is 0 Å². The molecule has 0 bridgehead atoms. The van der Waals surface area contributed by atoms with Crippen molar-refractivity contribution in [1.29, 1.82) is 0 Å². The van der Waals surface area contributed by atoms with Gasteiger partial charge in [0.15, 0.2) is 0 Å². The van der Waals surface area contributed by atoms with E-state index in [-0.39, 0.29) is 15.1 Å². The van der Waals surface area contributed by atoms with E-state index in [9.17, 15) is 19.3 Å². The van der Waals surface area contributed by atoms with E-state index in [4.69, 9.17) is 4.74 Å². The first-order valence-electron chi connectivity index (χ1n) is 5.41. The van der Waals surface area contributed by atoms with Gasteiger partial charge >= 0.3 is 127 Å². The van der Waals surface area contributed by atoms with Gasteiger partial charge in [0, 0.05) is 0 Å². The van der Waals surface area contributed by atoms with E-state index in [2.05, 4.69) is 15.9 Å². The zero-order valence-corrected chi connectivity index (χ0v) is 14.4. The van der Waals surface area contributed by atoms with Crippen molar-refractivity contribution in [1.82, 2.24) is 0 Å². The van der Waals surface area contributed by atoms with Crippen LogP contribution in [0.1, 0.15) is 0 Å². The summed E-state index contributed by atoms with van der Waals surface area (Å²) in [6, 6.07) is 5.24. The predicted octanol–water partition coefficient (Wildman–Crippen LogP) is 1.91. The summed E-state index contributed by atoms with van der Waals surface area (Å²) >= 11 is 1.75. The van der Waals surface area contributed by atoms with Gasteiger partial charge in [-0.15, -0.1) is 0 Å². The SMILES string of the molecule is O=C(Oc1ccc([N+](=O)[O-])cc1)[CH]1[In]=[CH]C(F)C1Br. The molecule has 0 saturated heterocycles. The number of esters is 1. The normalized spacial score (nSPS) is 24.8. The Balaban J connectivity index is 2.03. The van der Waals surface area contributed by atoms with Crippen LogP contribution < -0.4 is 4.74 Å². The van der Waals surface area contributed by atoms with Gasteiger partial charge in [0.2, 0.25) is 0 Å². The van der Waals surface area contributed by atoms with Crippen LogP contribution in [0.4, 0.5) is 10.1 Å². The molecule has 1 aliphatic rings. The summed E-state index contributed by atoms with van der Waals surface area (Å²) in [7, 11) is 0. The second-order valence-electron chi connectivity index (χ2n) is 3.97. The van der Waals surface area contributed by atoms with Crippen LogP contribution in [0, 0.1) is 10.1 Å². The third kappa shape index (κ3) is 3.42. The van der Waals surface area contributed by atoms with Crippen LogP contribution in [0.3, 0.4) is 0 Å². The summed E-state index contributed by atoms with van der Waals surface area (Å²) in [5.74, 6) is -0.228. The van der Waals surface area contributed by atoms with Crippen molar-refractivity contribution >= 4 is 53.8 Å². The van der Waals surface area contributed by atoms with E-state index < -0.39 is 44.3 Å². The molecular formula is C11H8BrFInNO4. The van der Waals surface area contributed by atoms with Crippen LogP contribution >= 0.6 is 15.9 Å². The van der Waals surface area contributed by atoms with E-state index in [0.29, 0.717) is 0 Å². The molecule has 5 nitrogen and oxygen atoms in total. The van der Waals surface area contributed by atoms with Crippen LogP contribution in [-0.4, -0.2) is 48.1 Å². The van der Waals surface area contributed by atoms with Crippen LogP contribution in [0.25, 0.3) is 0 Å². The molecule has 0 N–H and O–H groups in total. The molecule has 8 heteroatoms. The molecule has 98 valence electrons. The molecule has 2 rings (SSSR count). The Morgan fingerprint density at radius 1 is 1.42 bits per heavy atom. The van der Waals surface area contributed by atoms with Crippen molar-refractivity contribution in [2.45, 2.75) is 14.7 Å². The summed E-state index contributed by atoms with van der Waals surface area (Å²) < 4.78 is 19.6. The summed E-state index contributed by atoms with van der Waals surface area (Å²) in [4.78, 5) is 21.3. The van der Waals surface area contributed by atoms with Gasteiger partial charge in [-0.1, -0.05) is 0 Å². The van der Waals surface area contributed by atoms with Crippen molar-refractivity contribution in [2.24, 2.45) is 0 Å². The number of nitro groups is 1. The van der Waals surface area contributed by atoms with Crippen molar-refractivity contribution in [3.05, 3.63) is 34.4 Å². The van der Waals surface area contributed by atoms with E-state index in [1.54, 1.807) is 3.76 Å². The van der Waals surface area contributed by atoms with Crippen LogP contribution in [0.15, 0.2) is 24.3 Å². The minimum atomic E-state index is -1.42. The number of ether oxygens (including phenoxy) is 1. The maximum atomic E-state index is 13.3. The molecule has 3 atom stereocenters. The van der Waals surface area contributed by atoms with Crippen LogP contribution in [0.5, 0.6) is 5.75 Å². The molecule has 1 heterocycles. The molecule has 1 aromatic rings. The van der Waals surface area contributed by atoms with E-state index >= 15 is 0 Å². The topological polar surface area (TPSA) is 69.4 Å². The number of non-ortho nitro benzene ring substituents is 1. The van der Waals surface area contributed by atoms with E-state index in [1.807, 2.05) is 0 Å². The Hall–Kier alpha value is -0.760. The molecule has 1 aliphatic heterocycles. The Morgan fingerprint density at radius 2 is 2.05 bits per heavy atom. The first kappa shape index (κ1) is 14.6. The summed E-state index contributed by atoms with van der Waals surface area (Å²) in [6.45, 7) is 0. The minimum absolute atomic E-state index is 0.0750. The zero-order valence-electron chi connectivity index (χ0n) is 9.53. The van der Waals surface area contributed by atoms with Crippen molar-refractivity contribution in [2.75, 3.05) is 0 Å². The van der Waals surface area contributed by atoms with Crippen molar-refractivity contribution < 1.29 is 18.8 Å². The number of rotatable bonds is 3. The average molecular weight is 432 g/mol. The zero-order chi connectivity index (χ0) is 14.0. The molecule has 0 saturated carbocycles. The molecule has 0 aliphatic carbocycles. The summed E-state index contributed by atoms with van der Waals surface area (Å²) in [5, 5.41) is 10.5. The van der Waals surface area contributed by atoms with Crippen molar-refractivity contribution in [3.63, 3.8) is 0 Å². The second kappa shape index (κ2) is 6.13. The maximum absolute atomic E-state index is 13.3. The molecule has 0 amide bonds. The van der Waals surface area contributed by atoms with Gasteiger partial charge in [-0.25, -0.2) is 0 Å². The first-order valence-corrected chi connectivity index (χ1v) is 10.1. The predicted molar refractivity (Wildman–Crippen MR) is 71.9 cm³/mol. The molecule has 0 fully saturated rings. The third-order valence-corrected chi connectivity index (χ3v) is 10.2. The first-order chi connectivity index (χ1) is 8.99. The molecule has 3 unspecified atom stereocenters. The van der Waals surface area contributed by atoms with Gasteiger partial charge in [0.25, 0.3) is 0 Å². The van der Waals surface area contributed by atoms with E-state index in [0.717, 1.165) is 0 Å². The third-order valence-electron chi connectivity index (χ3n) is 2.69. The standard InChI is InChI=1S/C11H8BrFNO4.In/c1-7(13)10(12)6-11(15)18-9-4-2-8(3-5-9)14(16)17;/h1-7,10H;. The quantitative estimate of drug-likeness (QED) is 0.241. The van der Waals surface area contributed by atoms with E-state index in [1.165, 1.54) is 24.3 Å². The molecule has 0 aromatic heterocycles. The molecule has 19 heavy (non-hydrogen) atoms. The van der Waals surface area contributed by atoms with Crippen LogP contribution in [-0.2, 0) is 4.79 Å². The molecule has 0 spiro atoms. The Kier molecular flexibility index (Phi) is 4.72.